The summed E-state index contributed by atoms with van der Waals surface area (Å²) in [5.74, 6) is -0.735. The summed E-state index contributed by atoms with van der Waals surface area (Å²) in [5, 5.41) is 8.53. The van der Waals surface area contributed by atoms with E-state index in [9.17, 15) is 4.79 Å². The summed E-state index contributed by atoms with van der Waals surface area (Å²) >= 11 is 0. The third-order valence-corrected chi connectivity index (χ3v) is 2.51. The normalized spacial score (nSPS) is 10.9. The van der Waals surface area contributed by atoms with Gasteiger partial charge in [-0.2, -0.15) is 0 Å². The fourth-order valence-corrected chi connectivity index (χ4v) is 1.46. The van der Waals surface area contributed by atoms with Crippen molar-refractivity contribution in [3.8, 4) is 0 Å². The smallest absolute Gasteiger partial charge is 0.304 e. The lowest BCUT2D eigenvalue weighted by Crippen LogP contribution is -2.24. The van der Waals surface area contributed by atoms with Crippen LogP contribution in [-0.4, -0.2) is 40.7 Å². The molecule has 1 aromatic heterocycles. The summed E-state index contributed by atoms with van der Waals surface area (Å²) in [6, 6.07) is 4.11. The first kappa shape index (κ1) is 11.8. The van der Waals surface area contributed by atoms with E-state index in [-0.39, 0.29) is 6.42 Å². The molecule has 1 N–H and O–H groups in total. The number of carboxylic acid groups (broad SMARTS) is 1. The van der Waals surface area contributed by atoms with Crippen molar-refractivity contribution in [2.24, 2.45) is 7.05 Å². The summed E-state index contributed by atoms with van der Waals surface area (Å²) in [6.45, 7) is 1.50. The predicted molar refractivity (Wildman–Crippen MR) is 58.9 cm³/mol. The zero-order chi connectivity index (χ0) is 11.3. The SMILES string of the molecule is CN(CCC(=O)O)CCc1cccn1C. The molecular formula is C11H18N2O2. The van der Waals surface area contributed by atoms with Gasteiger partial charge in [0.15, 0.2) is 0 Å². The fraction of sp³-hybridized carbons (Fsp3) is 0.545. The van der Waals surface area contributed by atoms with Crippen molar-refractivity contribution in [2.45, 2.75) is 12.8 Å². The lowest BCUT2D eigenvalue weighted by atomic mass is 10.3. The molecule has 0 aliphatic rings. The van der Waals surface area contributed by atoms with Crippen molar-refractivity contribution < 1.29 is 9.90 Å². The minimum absolute atomic E-state index is 0.212. The summed E-state index contributed by atoms with van der Waals surface area (Å²) in [5.41, 5.74) is 1.28. The average Bonchev–Trinajstić information content (AvgIpc) is 2.58. The molecule has 0 amide bonds. The Balaban J connectivity index is 2.25. The number of rotatable bonds is 6. The van der Waals surface area contributed by atoms with Crippen LogP contribution in [0, 0.1) is 0 Å². The minimum Gasteiger partial charge on any atom is -0.481 e. The van der Waals surface area contributed by atoms with Gasteiger partial charge < -0.3 is 14.6 Å². The second kappa shape index (κ2) is 5.56. The van der Waals surface area contributed by atoms with E-state index in [2.05, 4.69) is 10.6 Å². The molecule has 1 rings (SSSR count). The molecule has 0 bridgehead atoms. The second-order valence-electron chi connectivity index (χ2n) is 3.81. The third-order valence-electron chi connectivity index (χ3n) is 2.51. The Labute approximate surface area is 90.1 Å². The average molecular weight is 210 g/mol. The molecule has 0 radical (unpaired) electrons. The van der Waals surface area contributed by atoms with Gasteiger partial charge in [0.05, 0.1) is 6.42 Å². The van der Waals surface area contributed by atoms with E-state index in [1.807, 2.05) is 31.3 Å². The largest absolute Gasteiger partial charge is 0.481 e. The summed E-state index contributed by atoms with van der Waals surface area (Å²) in [6.07, 6.45) is 3.19. The highest BCUT2D eigenvalue weighted by molar-refractivity contribution is 5.66. The van der Waals surface area contributed by atoms with Gasteiger partial charge in [-0.25, -0.2) is 0 Å². The topological polar surface area (TPSA) is 45.5 Å². The van der Waals surface area contributed by atoms with Gasteiger partial charge in [-0.05, 0) is 19.2 Å². The molecule has 0 spiro atoms. The zero-order valence-electron chi connectivity index (χ0n) is 9.31. The van der Waals surface area contributed by atoms with Crippen LogP contribution in [0.2, 0.25) is 0 Å². The van der Waals surface area contributed by atoms with Crippen LogP contribution in [0.1, 0.15) is 12.1 Å². The van der Waals surface area contributed by atoms with E-state index in [0.717, 1.165) is 13.0 Å². The molecule has 4 nitrogen and oxygen atoms in total. The maximum Gasteiger partial charge on any atom is 0.304 e. The Kier molecular flexibility index (Phi) is 4.37. The van der Waals surface area contributed by atoms with Gasteiger partial charge in [0.25, 0.3) is 0 Å². The maximum atomic E-state index is 10.4. The number of aryl methyl sites for hydroxylation is 1. The number of hydrogen-bond donors (Lipinski definition) is 1. The quantitative estimate of drug-likeness (QED) is 0.761. The molecule has 0 saturated carbocycles. The van der Waals surface area contributed by atoms with Crippen LogP contribution in [0.3, 0.4) is 0 Å². The predicted octanol–water partition coefficient (Wildman–Crippen LogP) is 0.974. The number of aromatic nitrogens is 1. The van der Waals surface area contributed by atoms with Gasteiger partial charge in [-0.3, -0.25) is 4.79 Å². The second-order valence-corrected chi connectivity index (χ2v) is 3.81. The number of aliphatic carboxylic acids is 1. The molecule has 4 heteroatoms. The lowest BCUT2D eigenvalue weighted by molar-refractivity contribution is -0.137. The number of nitrogens with zero attached hydrogens (tertiary/aromatic N) is 2. The van der Waals surface area contributed by atoms with E-state index in [4.69, 9.17) is 5.11 Å². The van der Waals surface area contributed by atoms with Crippen LogP contribution in [0.5, 0.6) is 0 Å². The molecule has 84 valence electrons. The number of hydrogen-bond acceptors (Lipinski definition) is 2. The Morgan fingerprint density at radius 2 is 2.27 bits per heavy atom. The zero-order valence-corrected chi connectivity index (χ0v) is 9.31. The highest BCUT2D eigenvalue weighted by atomic mass is 16.4. The van der Waals surface area contributed by atoms with Crippen LogP contribution in [0.15, 0.2) is 18.3 Å². The molecule has 0 atom stereocenters. The summed E-state index contributed by atoms with van der Waals surface area (Å²) in [7, 11) is 3.97. The first-order chi connectivity index (χ1) is 7.09. The molecule has 1 heterocycles. The van der Waals surface area contributed by atoms with E-state index in [1.165, 1.54) is 5.69 Å². The molecule has 15 heavy (non-hydrogen) atoms. The van der Waals surface area contributed by atoms with Crippen molar-refractivity contribution in [3.05, 3.63) is 24.0 Å². The van der Waals surface area contributed by atoms with Crippen LogP contribution in [0.4, 0.5) is 0 Å². The Morgan fingerprint density at radius 3 is 2.80 bits per heavy atom. The van der Waals surface area contributed by atoms with Crippen molar-refractivity contribution in [3.63, 3.8) is 0 Å². The van der Waals surface area contributed by atoms with E-state index in [0.29, 0.717) is 6.54 Å². The monoisotopic (exact) mass is 210 g/mol. The van der Waals surface area contributed by atoms with E-state index in [1.54, 1.807) is 0 Å². The standard InChI is InChI=1S/C11H18N2O2/c1-12(9-6-11(14)15)8-5-10-4-3-7-13(10)2/h3-4,7H,5-6,8-9H2,1-2H3,(H,14,15). The Bertz CT molecular complexity index is 320. The first-order valence-corrected chi connectivity index (χ1v) is 5.10. The van der Waals surface area contributed by atoms with Crippen molar-refractivity contribution in [2.75, 3.05) is 20.1 Å². The van der Waals surface area contributed by atoms with Crippen LogP contribution >= 0.6 is 0 Å². The molecule has 0 fully saturated rings. The molecule has 0 aliphatic carbocycles. The molecular weight excluding hydrogens is 192 g/mol. The molecule has 0 unspecified atom stereocenters. The highest BCUT2D eigenvalue weighted by Crippen LogP contribution is 2.01. The van der Waals surface area contributed by atoms with Gasteiger partial charge in [-0.15, -0.1) is 0 Å². The van der Waals surface area contributed by atoms with E-state index < -0.39 is 5.97 Å². The van der Waals surface area contributed by atoms with Crippen molar-refractivity contribution in [1.82, 2.24) is 9.47 Å². The number of likely N-dealkylation sites (N-methyl/N-ethyl adjacent to an activating group) is 1. The Morgan fingerprint density at radius 1 is 1.53 bits per heavy atom. The molecule has 1 aromatic rings. The number of carboxylic acids is 1. The van der Waals surface area contributed by atoms with Gasteiger partial charge in [0.2, 0.25) is 0 Å². The first-order valence-electron chi connectivity index (χ1n) is 5.10. The van der Waals surface area contributed by atoms with Crippen LogP contribution < -0.4 is 0 Å². The summed E-state index contributed by atoms with van der Waals surface area (Å²) < 4.78 is 2.09. The molecule has 0 aliphatic heterocycles. The molecule has 0 saturated heterocycles. The maximum absolute atomic E-state index is 10.4. The van der Waals surface area contributed by atoms with Gasteiger partial charge in [0, 0.05) is 38.4 Å². The Hall–Kier alpha value is -1.29. The van der Waals surface area contributed by atoms with E-state index >= 15 is 0 Å². The van der Waals surface area contributed by atoms with Crippen LogP contribution in [0.25, 0.3) is 0 Å². The van der Waals surface area contributed by atoms with Crippen LogP contribution in [-0.2, 0) is 18.3 Å². The number of carbonyl (C=O) groups is 1. The van der Waals surface area contributed by atoms with Gasteiger partial charge >= 0.3 is 5.97 Å². The van der Waals surface area contributed by atoms with Crippen molar-refractivity contribution >= 4 is 5.97 Å². The van der Waals surface area contributed by atoms with Gasteiger partial charge in [0.1, 0.15) is 0 Å². The van der Waals surface area contributed by atoms with Crippen molar-refractivity contribution in [1.29, 1.82) is 0 Å². The highest BCUT2D eigenvalue weighted by Gasteiger charge is 2.03. The third kappa shape index (κ3) is 4.16. The fourth-order valence-electron chi connectivity index (χ4n) is 1.46. The molecule has 0 aromatic carbocycles. The van der Waals surface area contributed by atoms with Gasteiger partial charge in [-0.1, -0.05) is 0 Å². The minimum atomic E-state index is -0.735. The summed E-state index contributed by atoms with van der Waals surface area (Å²) in [4.78, 5) is 12.4. The lowest BCUT2D eigenvalue weighted by Gasteiger charge is -2.15.